The first-order valence-corrected chi connectivity index (χ1v) is 7.24. The molecule has 0 aromatic carbocycles. The Hall–Kier alpha value is 0.380. The SMILES string of the molecule is COCC(Cl)CNC(=O)c1cc(Br)c(Br)s1. The normalized spacial score (nSPS) is 12.5. The maximum atomic E-state index is 11.7. The Balaban J connectivity index is 2.46. The number of alkyl halides is 1. The molecule has 0 saturated carbocycles. The standard InChI is InChI=1S/C9H10Br2ClNO2S/c1-15-4-5(12)3-13-9(14)7-2-6(10)8(11)16-7/h2,5H,3-4H2,1H3,(H,13,14). The van der Waals surface area contributed by atoms with Gasteiger partial charge in [0, 0.05) is 18.1 Å². The Bertz CT molecular complexity index is 353. The molecule has 0 aliphatic rings. The molecule has 1 heterocycles. The molecule has 1 aromatic heterocycles. The smallest absolute Gasteiger partial charge is 0.261 e. The number of methoxy groups -OCH3 is 1. The second kappa shape index (κ2) is 6.96. The number of halogens is 3. The Morgan fingerprint density at radius 1 is 1.69 bits per heavy atom. The third-order valence-corrected chi connectivity index (χ3v) is 5.24. The van der Waals surface area contributed by atoms with Crippen LogP contribution in [0.2, 0.25) is 0 Å². The van der Waals surface area contributed by atoms with Gasteiger partial charge in [-0.3, -0.25) is 4.79 Å². The Morgan fingerprint density at radius 2 is 2.38 bits per heavy atom. The zero-order chi connectivity index (χ0) is 12.1. The molecule has 0 bridgehead atoms. The molecule has 0 saturated heterocycles. The van der Waals surface area contributed by atoms with Crippen LogP contribution in [0, 0.1) is 0 Å². The summed E-state index contributed by atoms with van der Waals surface area (Å²) in [5, 5.41) is 2.53. The lowest BCUT2D eigenvalue weighted by atomic mass is 10.4. The summed E-state index contributed by atoms with van der Waals surface area (Å²) in [5.41, 5.74) is 0. The van der Waals surface area contributed by atoms with Crippen molar-refractivity contribution < 1.29 is 9.53 Å². The number of carbonyl (C=O) groups is 1. The predicted octanol–water partition coefficient (Wildman–Crippen LogP) is 3.26. The van der Waals surface area contributed by atoms with Gasteiger partial charge < -0.3 is 10.1 Å². The molecule has 1 aromatic rings. The molecular formula is C9H10Br2ClNO2S. The lowest BCUT2D eigenvalue weighted by molar-refractivity contribution is 0.0953. The van der Waals surface area contributed by atoms with Crippen molar-refractivity contribution in [2.24, 2.45) is 0 Å². The molecule has 1 unspecified atom stereocenters. The molecule has 0 fully saturated rings. The fraction of sp³-hybridized carbons (Fsp3) is 0.444. The molecule has 1 rings (SSSR count). The van der Waals surface area contributed by atoms with Crippen LogP contribution in [0.4, 0.5) is 0 Å². The van der Waals surface area contributed by atoms with Gasteiger partial charge in [0.15, 0.2) is 0 Å². The van der Waals surface area contributed by atoms with Crippen LogP contribution in [0.1, 0.15) is 9.67 Å². The van der Waals surface area contributed by atoms with Crippen LogP contribution in [0.3, 0.4) is 0 Å². The second-order valence-electron chi connectivity index (χ2n) is 2.99. The molecule has 0 aliphatic carbocycles. The number of thiophene rings is 1. The van der Waals surface area contributed by atoms with E-state index in [4.69, 9.17) is 16.3 Å². The molecule has 90 valence electrons. The van der Waals surface area contributed by atoms with Crippen LogP contribution in [0.25, 0.3) is 0 Å². The van der Waals surface area contributed by atoms with Crippen molar-refractivity contribution in [3.05, 3.63) is 19.2 Å². The van der Waals surface area contributed by atoms with Gasteiger partial charge in [-0.25, -0.2) is 0 Å². The van der Waals surface area contributed by atoms with Crippen LogP contribution in [0.5, 0.6) is 0 Å². The summed E-state index contributed by atoms with van der Waals surface area (Å²) in [4.78, 5) is 12.3. The maximum Gasteiger partial charge on any atom is 0.261 e. The van der Waals surface area contributed by atoms with Crippen molar-refractivity contribution in [2.75, 3.05) is 20.3 Å². The van der Waals surface area contributed by atoms with Gasteiger partial charge >= 0.3 is 0 Å². The van der Waals surface area contributed by atoms with Crippen LogP contribution in [-0.2, 0) is 4.74 Å². The Labute approximate surface area is 120 Å². The Morgan fingerprint density at radius 3 is 2.88 bits per heavy atom. The molecule has 0 radical (unpaired) electrons. The molecule has 0 aliphatic heterocycles. The second-order valence-corrected chi connectivity index (χ2v) is 6.84. The molecule has 16 heavy (non-hydrogen) atoms. The van der Waals surface area contributed by atoms with Gasteiger partial charge in [-0.1, -0.05) is 0 Å². The van der Waals surface area contributed by atoms with Gasteiger partial charge in [-0.05, 0) is 37.9 Å². The minimum Gasteiger partial charge on any atom is -0.383 e. The van der Waals surface area contributed by atoms with Crippen molar-refractivity contribution in [1.29, 1.82) is 0 Å². The summed E-state index contributed by atoms with van der Waals surface area (Å²) >= 11 is 13.9. The average Bonchev–Trinajstić information content (AvgIpc) is 2.56. The first-order valence-electron chi connectivity index (χ1n) is 4.40. The first kappa shape index (κ1) is 14.4. The van der Waals surface area contributed by atoms with E-state index in [-0.39, 0.29) is 11.3 Å². The highest BCUT2D eigenvalue weighted by Crippen LogP contribution is 2.32. The number of hydrogen-bond acceptors (Lipinski definition) is 3. The highest BCUT2D eigenvalue weighted by atomic mass is 79.9. The largest absolute Gasteiger partial charge is 0.383 e. The van der Waals surface area contributed by atoms with E-state index in [1.54, 1.807) is 13.2 Å². The number of amides is 1. The van der Waals surface area contributed by atoms with Gasteiger partial charge in [0.2, 0.25) is 0 Å². The summed E-state index contributed by atoms with van der Waals surface area (Å²) in [6.45, 7) is 0.807. The lowest BCUT2D eigenvalue weighted by Crippen LogP contribution is -2.31. The summed E-state index contributed by atoms with van der Waals surface area (Å²) in [7, 11) is 1.57. The highest BCUT2D eigenvalue weighted by Gasteiger charge is 2.13. The molecule has 7 heteroatoms. The predicted molar refractivity (Wildman–Crippen MR) is 73.6 cm³/mol. The average molecular weight is 392 g/mol. The quantitative estimate of drug-likeness (QED) is 0.783. The molecule has 3 nitrogen and oxygen atoms in total. The minimum absolute atomic E-state index is 0.127. The number of hydrogen-bond donors (Lipinski definition) is 1. The third-order valence-electron chi connectivity index (χ3n) is 1.70. The first-order chi connectivity index (χ1) is 7.54. The lowest BCUT2D eigenvalue weighted by Gasteiger charge is -2.08. The monoisotopic (exact) mass is 389 g/mol. The van der Waals surface area contributed by atoms with E-state index in [2.05, 4.69) is 37.2 Å². The van der Waals surface area contributed by atoms with Gasteiger partial charge in [-0.15, -0.1) is 22.9 Å². The number of ether oxygens (including phenoxy) is 1. The van der Waals surface area contributed by atoms with Gasteiger partial charge in [-0.2, -0.15) is 0 Å². The molecular weight excluding hydrogens is 381 g/mol. The van der Waals surface area contributed by atoms with E-state index in [1.165, 1.54) is 11.3 Å². The molecule has 1 amide bonds. The van der Waals surface area contributed by atoms with E-state index in [9.17, 15) is 4.79 Å². The van der Waals surface area contributed by atoms with Crippen molar-refractivity contribution in [3.63, 3.8) is 0 Å². The zero-order valence-corrected chi connectivity index (χ0v) is 13.2. The molecule has 1 atom stereocenters. The van der Waals surface area contributed by atoms with Crippen molar-refractivity contribution in [3.8, 4) is 0 Å². The van der Waals surface area contributed by atoms with Crippen molar-refractivity contribution in [2.45, 2.75) is 5.38 Å². The van der Waals surface area contributed by atoms with Gasteiger partial charge in [0.05, 0.1) is 20.6 Å². The molecule has 1 N–H and O–H groups in total. The van der Waals surface area contributed by atoms with Crippen LogP contribution < -0.4 is 5.32 Å². The minimum atomic E-state index is -0.208. The van der Waals surface area contributed by atoms with Crippen molar-refractivity contribution >= 4 is 60.7 Å². The summed E-state index contributed by atoms with van der Waals surface area (Å²) < 4.78 is 6.65. The fourth-order valence-electron chi connectivity index (χ4n) is 0.989. The van der Waals surface area contributed by atoms with Crippen LogP contribution in [0.15, 0.2) is 14.3 Å². The van der Waals surface area contributed by atoms with E-state index in [0.717, 1.165) is 8.26 Å². The summed E-state index contributed by atoms with van der Waals surface area (Å²) in [6.07, 6.45) is 0. The number of rotatable bonds is 5. The Kier molecular flexibility index (Phi) is 6.28. The van der Waals surface area contributed by atoms with E-state index in [1.807, 2.05) is 0 Å². The van der Waals surface area contributed by atoms with Gasteiger partial charge in [0.25, 0.3) is 5.91 Å². The van der Waals surface area contributed by atoms with Crippen LogP contribution in [-0.4, -0.2) is 31.5 Å². The van der Waals surface area contributed by atoms with Crippen LogP contribution >= 0.6 is 54.8 Å². The fourth-order valence-corrected chi connectivity index (χ4v) is 3.14. The van der Waals surface area contributed by atoms with E-state index in [0.29, 0.717) is 18.0 Å². The van der Waals surface area contributed by atoms with Crippen molar-refractivity contribution in [1.82, 2.24) is 5.32 Å². The third kappa shape index (κ3) is 4.33. The van der Waals surface area contributed by atoms with E-state index >= 15 is 0 Å². The molecule has 0 spiro atoms. The number of nitrogens with one attached hydrogen (secondary N) is 1. The highest BCUT2D eigenvalue weighted by molar-refractivity contribution is 9.13. The zero-order valence-electron chi connectivity index (χ0n) is 8.43. The van der Waals surface area contributed by atoms with E-state index < -0.39 is 0 Å². The topological polar surface area (TPSA) is 38.3 Å². The summed E-state index contributed by atoms with van der Waals surface area (Å²) in [5.74, 6) is -0.127. The maximum absolute atomic E-state index is 11.7. The van der Waals surface area contributed by atoms with Gasteiger partial charge in [0.1, 0.15) is 0 Å². The number of carbonyl (C=O) groups excluding carboxylic acids is 1. The summed E-state index contributed by atoms with van der Waals surface area (Å²) in [6, 6.07) is 1.77.